The summed E-state index contributed by atoms with van der Waals surface area (Å²) in [5.74, 6) is 0.770. The van der Waals surface area contributed by atoms with E-state index in [4.69, 9.17) is 23.8 Å². The SMILES string of the molecule is CC(C)c1cc(-c2ccccc2)cc(C(C)C)[n+]1CCc1ccc(S(N)(=O)=O)cc1.[O-][Cl+3]([O-])([O-])[O-]. The van der Waals surface area contributed by atoms with Gasteiger partial charge in [-0.1, -0.05) is 70.2 Å². The number of primary sulfonamides is 1. The minimum atomic E-state index is -4.94. The van der Waals surface area contributed by atoms with Crippen molar-refractivity contribution in [1.29, 1.82) is 0 Å². The molecule has 0 radical (unpaired) electrons. The van der Waals surface area contributed by atoms with Gasteiger partial charge in [0.15, 0.2) is 17.9 Å². The number of hydrogen-bond donors (Lipinski definition) is 1. The van der Waals surface area contributed by atoms with Crippen molar-refractivity contribution in [3.05, 3.63) is 83.7 Å². The Hall–Kier alpha value is -2.37. The standard InChI is InChI=1S/C25H31N2O2S.ClHO4/c1-18(2)24-16-22(21-8-6-5-7-9-21)17-25(19(3)4)27(24)15-14-20-10-12-23(13-11-20)30(26,28)29;2-1(3,4)5/h5-13,16-19H,14-15H2,1-4H3,(H2,26,28,29);(H,2,3,4,5)/q+1;/p-1. The molecule has 0 saturated heterocycles. The van der Waals surface area contributed by atoms with Gasteiger partial charge in [-0.2, -0.15) is 4.57 Å². The first kappa shape index (κ1) is 28.9. The Kier molecular flexibility index (Phi) is 9.94. The third-order valence-corrected chi connectivity index (χ3v) is 6.33. The highest BCUT2D eigenvalue weighted by Crippen LogP contribution is 2.26. The molecule has 0 saturated carbocycles. The zero-order valence-corrected chi connectivity index (χ0v) is 21.8. The number of sulfonamides is 1. The summed E-state index contributed by atoms with van der Waals surface area (Å²) in [4.78, 5) is 0.150. The van der Waals surface area contributed by atoms with Crippen LogP contribution in [0.5, 0.6) is 0 Å². The van der Waals surface area contributed by atoms with Gasteiger partial charge >= 0.3 is 0 Å². The maximum Gasteiger partial charge on any atom is 0.238 e. The van der Waals surface area contributed by atoms with Crippen molar-refractivity contribution >= 4 is 10.0 Å². The van der Waals surface area contributed by atoms with Gasteiger partial charge in [0.25, 0.3) is 0 Å². The van der Waals surface area contributed by atoms with Crippen molar-refractivity contribution in [1.82, 2.24) is 0 Å². The van der Waals surface area contributed by atoms with E-state index in [1.165, 1.54) is 22.5 Å². The van der Waals surface area contributed by atoms with Gasteiger partial charge in [0.1, 0.15) is 0 Å². The van der Waals surface area contributed by atoms with Crippen molar-refractivity contribution < 1.29 is 41.9 Å². The van der Waals surface area contributed by atoms with Crippen LogP contribution < -0.4 is 28.3 Å². The van der Waals surface area contributed by atoms with E-state index in [1.807, 2.05) is 18.2 Å². The summed E-state index contributed by atoms with van der Waals surface area (Å²) in [6.07, 6.45) is 0.819. The number of hydrogen-bond acceptors (Lipinski definition) is 6. The first-order valence-electron chi connectivity index (χ1n) is 11.0. The van der Waals surface area contributed by atoms with Gasteiger partial charge in [0.2, 0.25) is 10.0 Å². The first-order chi connectivity index (χ1) is 16.2. The van der Waals surface area contributed by atoms with Crippen LogP contribution >= 0.6 is 0 Å². The average molecular weight is 523 g/mol. The van der Waals surface area contributed by atoms with Crippen LogP contribution in [0.2, 0.25) is 0 Å². The fraction of sp³-hybridized carbons (Fsp3) is 0.320. The number of aromatic nitrogens is 1. The quantitative estimate of drug-likeness (QED) is 0.431. The second-order valence-electron chi connectivity index (χ2n) is 8.74. The van der Waals surface area contributed by atoms with Crippen molar-refractivity contribution in [2.75, 3.05) is 0 Å². The molecule has 0 fully saturated rings. The number of pyridine rings is 1. The summed E-state index contributed by atoms with van der Waals surface area (Å²) >= 11 is 0. The fourth-order valence-electron chi connectivity index (χ4n) is 3.76. The van der Waals surface area contributed by atoms with Crippen LogP contribution in [-0.2, 0) is 23.0 Å². The third-order valence-electron chi connectivity index (χ3n) is 5.40. The van der Waals surface area contributed by atoms with Crippen molar-refractivity contribution in [2.45, 2.75) is 57.4 Å². The van der Waals surface area contributed by atoms with Crippen molar-refractivity contribution in [3.8, 4) is 11.1 Å². The van der Waals surface area contributed by atoms with E-state index in [1.54, 1.807) is 12.1 Å². The maximum atomic E-state index is 11.5. The second-order valence-corrected chi connectivity index (χ2v) is 11.1. The zero-order valence-electron chi connectivity index (χ0n) is 20.2. The Morgan fingerprint density at radius 1 is 0.800 bits per heavy atom. The van der Waals surface area contributed by atoms with E-state index in [-0.39, 0.29) is 4.90 Å². The van der Waals surface area contributed by atoms with Gasteiger partial charge in [-0.15, -0.1) is 10.2 Å². The Morgan fingerprint density at radius 2 is 1.26 bits per heavy atom. The lowest BCUT2D eigenvalue weighted by atomic mass is 9.96. The second kappa shape index (κ2) is 12.0. The summed E-state index contributed by atoms with van der Waals surface area (Å²) in [6.45, 7) is 9.75. The maximum absolute atomic E-state index is 11.5. The molecule has 35 heavy (non-hydrogen) atoms. The first-order valence-corrected chi connectivity index (χ1v) is 13.8. The molecule has 2 N–H and O–H groups in total. The van der Waals surface area contributed by atoms with Gasteiger partial charge in [-0.25, -0.2) is 32.2 Å². The lowest BCUT2D eigenvalue weighted by Gasteiger charge is -2.17. The molecule has 0 unspecified atom stereocenters. The van der Waals surface area contributed by atoms with Crippen molar-refractivity contribution in [3.63, 3.8) is 0 Å². The lowest BCUT2D eigenvalue weighted by Crippen LogP contribution is -2.68. The van der Waals surface area contributed by atoms with E-state index in [0.29, 0.717) is 11.8 Å². The van der Waals surface area contributed by atoms with E-state index in [2.05, 4.69) is 68.7 Å². The van der Waals surface area contributed by atoms with Crippen LogP contribution in [0.3, 0.4) is 0 Å². The minimum absolute atomic E-state index is 0.150. The largest absolute Gasteiger partial charge is 0.238 e. The number of nitrogens with two attached hydrogens (primary N) is 1. The van der Waals surface area contributed by atoms with Crippen LogP contribution in [0.25, 0.3) is 11.1 Å². The molecule has 0 spiro atoms. The highest BCUT2D eigenvalue weighted by Gasteiger charge is 2.24. The molecular weight excluding hydrogens is 492 g/mol. The van der Waals surface area contributed by atoms with E-state index in [9.17, 15) is 8.42 Å². The van der Waals surface area contributed by atoms with Crippen LogP contribution in [0.1, 0.15) is 56.5 Å². The van der Waals surface area contributed by atoms with Crippen LogP contribution in [0, 0.1) is 10.2 Å². The van der Waals surface area contributed by atoms with Gasteiger partial charge in [-0.3, -0.25) is 0 Å². The summed E-state index contributed by atoms with van der Waals surface area (Å²) in [6, 6.07) is 22.0. The predicted molar refractivity (Wildman–Crippen MR) is 122 cm³/mol. The van der Waals surface area contributed by atoms with Gasteiger partial charge < -0.3 is 0 Å². The van der Waals surface area contributed by atoms with Crippen LogP contribution in [-0.4, -0.2) is 8.42 Å². The van der Waals surface area contributed by atoms with E-state index in [0.717, 1.165) is 18.5 Å². The molecule has 1 aromatic heterocycles. The molecule has 10 heteroatoms. The zero-order chi connectivity index (χ0) is 26.4. The monoisotopic (exact) mass is 522 g/mol. The number of halogens is 1. The predicted octanol–water partition coefficient (Wildman–Crippen LogP) is 0.0220. The molecule has 3 rings (SSSR count). The summed E-state index contributed by atoms with van der Waals surface area (Å²) in [5.41, 5.74) is 6.18. The molecule has 1 heterocycles. The molecular formula is C25H31ClN2O6S. The Bertz CT molecular complexity index is 1170. The highest BCUT2D eigenvalue weighted by molar-refractivity contribution is 7.89. The molecule has 0 atom stereocenters. The number of rotatable bonds is 7. The normalized spacial score (nSPS) is 12.0. The van der Waals surface area contributed by atoms with Crippen molar-refractivity contribution in [2.24, 2.45) is 5.14 Å². The molecule has 2 aromatic carbocycles. The Balaban J connectivity index is 0.000000784. The van der Waals surface area contributed by atoms with Gasteiger partial charge in [-0.05, 0) is 28.8 Å². The van der Waals surface area contributed by atoms with Gasteiger partial charge in [0.05, 0.1) is 4.90 Å². The molecule has 8 nitrogen and oxygen atoms in total. The highest BCUT2D eigenvalue weighted by atomic mass is 35.7. The van der Waals surface area contributed by atoms with Gasteiger partial charge in [0, 0.05) is 30.4 Å². The Morgan fingerprint density at radius 3 is 1.66 bits per heavy atom. The number of benzene rings is 2. The molecule has 0 bridgehead atoms. The smallest absolute Gasteiger partial charge is 0.225 e. The van der Waals surface area contributed by atoms with E-state index >= 15 is 0 Å². The molecule has 0 aliphatic heterocycles. The summed E-state index contributed by atoms with van der Waals surface area (Å²) < 4.78 is 59.4. The molecule has 0 aliphatic carbocycles. The topological polar surface area (TPSA) is 156 Å². The Labute approximate surface area is 209 Å². The van der Waals surface area contributed by atoms with E-state index < -0.39 is 20.3 Å². The molecule has 190 valence electrons. The number of aryl methyl sites for hydroxylation is 1. The fourth-order valence-corrected chi connectivity index (χ4v) is 4.28. The summed E-state index contributed by atoms with van der Waals surface area (Å²) in [7, 11) is -8.60. The van der Waals surface area contributed by atoms with Crippen LogP contribution in [0.15, 0.2) is 71.6 Å². The molecule has 0 amide bonds. The van der Waals surface area contributed by atoms with Crippen LogP contribution in [0.4, 0.5) is 0 Å². The lowest BCUT2D eigenvalue weighted by molar-refractivity contribution is -2.00. The third kappa shape index (κ3) is 9.30. The molecule has 0 aliphatic rings. The molecule has 3 aromatic rings. The summed E-state index contributed by atoms with van der Waals surface area (Å²) in [5, 5.41) is 5.21. The number of nitrogens with zero attached hydrogens (tertiary/aromatic N) is 1. The average Bonchev–Trinajstić information content (AvgIpc) is 2.76. The minimum Gasteiger partial charge on any atom is -0.225 e.